The number of hydrogen-bond donors (Lipinski definition) is 2. The SMILES string of the molecule is O=C(O)c1ccc(NC(=O)N2CCCCc3ccccc32)cc1. The molecule has 2 N–H and O–H groups in total. The maximum absolute atomic E-state index is 12.6. The summed E-state index contributed by atoms with van der Waals surface area (Å²) >= 11 is 0. The van der Waals surface area contributed by atoms with Gasteiger partial charge in [-0.3, -0.25) is 4.90 Å². The molecule has 23 heavy (non-hydrogen) atoms. The monoisotopic (exact) mass is 310 g/mol. The molecule has 2 aromatic carbocycles. The van der Waals surface area contributed by atoms with Gasteiger partial charge in [-0.15, -0.1) is 0 Å². The Labute approximate surface area is 134 Å². The van der Waals surface area contributed by atoms with Gasteiger partial charge in [0.15, 0.2) is 0 Å². The molecule has 1 aliphatic rings. The van der Waals surface area contributed by atoms with Crippen LogP contribution in [0.2, 0.25) is 0 Å². The smallest absolute Gasteiger partial charge is 0.335 e. The molecule has 0 saturated heterocycles. The van der Waals surface area contributed by atoms with E-state index in [0.717, 1.165) is 24.9 Å². The fourth-order valence-corrected chi connectivity index (χ4v) is 2.79. The van der Waals surface area contributed by atoms with Crippen molar-refractivity contribution in [2.75, 3.05) is 16.8 Å². The highest BCUT2D eigenvalue weighted by atomic mass is 16.4. The number of rotatable bonds is 2. The van der Waals surface area contributed by atoms with Crippen molar-refractivity contribution in [2.24, 2.45) is 0 Å². The van der Waals surface area contributed by atoms with Gasteiger partial charge in [-0.05, 0) is 55.2 Å². The minimum absolute atomic E-state index is 0.192. The number of amides is 2. The summed E-state index contributed by atoms with van der Waals surface area (Å²) in [7, 11) is 0. The Morgan fingerprint density at radius 3 is 2.48 bits per heavy atom. The molecule has 3 rings (SSSR count). The van der Waals surface area contributed by atoms with Gasteiger partial charge in [0, 0.05) is 17.9 Å². The molecule has 0 bridgehead atoms. The Balaban J connectivity index is 1.79. The minimum atomic E-state index is -0.982. The van der Waals surface area contributed by atoms with Gasteiger partial charge in [0.1, 0.15) is 0 Å². The standard InChI is InChI=1S/C18H18N2O3/c21-17(22)14-8-10-15(11-9-14)19-18(23)20-12-4-3-6-13-5-1-2-7-16(13)20/h1-2,5,7-11H,3-4,6,12H2,(H,19,23)(H,21,22). The summed E-state index contributed by atoms with van der Waals surface area (Å²) in [6.07, 6.45) is 3.00. The van der Waals surface area contributed by atoms with Crippen LogP contribution in [0.15, 0.2) is 48.5 Å². The van der Waals surface area contributed by atoms with Crippen molar-refractivity contribution in [1.29, 1.82) is 0 Å². The quantitative estimate of drug-likeness (QED) is 0.887. The summed E-state index contributed by atoms with van der Waals surface area (Å²) in [5, 5.41) is 11.7. The van der Waals surface area contributed by atoms with Crippen LogP contribution < -0.4 is 10.2 Å². The van der Waals surface area contributed by atoms with Crippen LogP contribution in [0, 0.1) is 0 Å². The van der Waals surface area contributed by atoms with E-state index in [1.54, 1.807) is 17.0 Å². The third-order valence-electron chi connectivity index (χ3n) is 3.99. The zero-order valence-electron chi connectivity index (χ0n) is 12.7. The molecule has 118 valence electrons. The number of carbonyl (C=O) groups excluding carboxylic acids is 1. The number of hydrogen-bond acceptors (Lipinski definition) is 2. The van der Waals surface area contributed by atoms with E-state index in [2.05, 4.69) is 11.4 Å². The number of aromatic carboxylic acids is 1. The molecule has 0 radical (unpaired) electrons. The van der Waals surface area contributed by atoms with E-state index in [0.29, 0.717) is 12.2 Å². The lowest BCUT2D eigenvalue weighted by Crippen LogP contribution is -2.35. The van der Waals surface area contributed by atoms with Crippen molar-refractivity contribution in [3.8, 4) is 0 Å². The molecule has 0 unspecified atom stereocenters. The average molecular weight is 310 g/mol. The van der Waals surface area contributed by atoms with Crippen LogP contribution in [0.3, 0.4) is 0 Å². The third kappa shape index (κ3) is 3.34. The van der Waals surface area contributed by atoms with Crippen LogP contribution in [0.4, 0.5) is 16.2 Å². The van der Waals surface area contributed by atoms with Crippen molar-refractivity contribution in [2.45, 2.75) is 19.3 Å². The molecule has 2 aromatic rings. The fourth-order valence-electron chi connectivity index (χ4n) is 2.79. The van der Waals surface area contributed by atoms with Crippen LogP contribution in [-0.4, -0.2) is 23.7 Å². The van der Waals surface area contributed by atoms with Gasteiger partial charge in [-0.1, -0.05) is 18.2 Å². The fraction of sp³-hybridized carbons (Fsp3) is 0.222. The number of fused-ring (bicyclic) bond motifs is 1. The van der Waals surface area contributed by atoms with Crippen LogP contribution >= 0.6 is 0 Å². The molecular formula is C18H18N2O3. The Bertz CT molecular complexity index is 725. The van der Waals surface area contributed by atoms with Crippen molar-refractivity contribution in [3.63, 3.8) is 0 Å². The Morgan fingerprint density at radius 1 is 1.00 bits per heavy atom. The number of carboxylic acid groups (broad SMARTS) is 1. The number of aryl methyl sites for hydroxylation is 1. The van der Waals surface area contributed by atoms with Crippen LogP contribution in [0.25, 0.3) is 0 Å². The van der Waals surface area contributed by atoms with Gasteiger partial charge in [0.2, 0.25) is 0 Å². The molecule has 0 aromatic heterocycles. The molecule has 0 spiro atoms. The summed E-state index contributed by atoms with van der Waals surface area (Å²) in [5.41, 5.74) is 2.91. The first kappa shape index (κ1) is 15.1. The maximum atomic E-state index is 12.6. The number of nitrogens with one attached hydrogen (secondary N) is 1. The molecule has 0 saturated carbocycles. The summed E-state index contributed by atoms with van der Waals surface area (Å²) in [5.74, 6) is -0.982. The number of para-hydroxylation sites is 1. The maximum Gasteiger partial charge on any atom is 0.335 e. The third-order valence-corrected chi connectivity index (χ3v) is 3.99. The minimum Gasteiger partial charge on any atom is -0.478 e. The Morgan fingerprint density at radius 2 is 1.74 bits per heavy atom. The summed E-state index contributed by atoms with van der Waals surface area (Å²) in [4.78, 5) is 25.2. The number of anilines is 2. The lowest BCUT2D eigenvalue weighted by molar-refractivity contribution is 0.0697. The van der Waals surface area contributed by atoms with Crippen LogP contribution in [0.1, 0.15) is 28.8 Å². The summed E-state index contributed by atoms with van der Waals surface area (Å²) in [6.45, 7) is 0.677. The lowest BCUT2D eigenvalue weighted by atomic mass is 10.1. The van der Waals surface area contributed by atoms with Crippen molar-refractivity contribution in [3.05, 3.63) is 59.7 Å². The van der Waals surface area contributed by atoms with Crippen LogP contribution in [0.5, 0.6) is 0 Å². The van der Waals surface area contributed by atoms with Gasteiger partial charge in [-0.25, -0.2) is 9.59 Å². The predicted molar refractivity (Wildman–Crippen MR) is 89.1 cm³/mol. The van der Waals surface area contributed by atoms with E-state index in [4.69, 9.17) is 5.11 Å². The second-order valence-corrected chi connectivity index (χ2v) is 5.55. The number of carbonyl (C=O) groups is 2. The second-order valence-electron chi connectivity index (χ2n) is 5.55. The highest BCUT2D eigenvalue weighted by molar-refractivity contribution is 6.02. The first-order valence-electron chi connectivity index (χ1n) is 7.65. The van der Waals surface area contributed by atoms with E-state index < -0.39 is 5.97 Å². The van der Waals surface area contributed by atoms with E-state index in [-0.39, 0.29) is 11.6 Å². The van der Waals surface area contributed by atoms with E-state index in [1.807, 2.05) is 18.2 Å². The van der Waals surface area contributed by atoms with Gasteiger partial charge in [-0.2, -0.15) is 0 Å². The largest absolute Gasteiger partial charge is 0.478 e. The molecular weight excluding hydrogens is 292 g/mol. The zero-order valence-corrected chi connectivity index (χ0v) is 12.7. The number of carboxylic acids is 1. The molecule has 0 fully saturated rings. The average Bonchev–Trinajstić information content (AvgIpc) is 2.77. The number of benzene rings is 2. The molecule has 5 nitrogen and oxygen atoms in total. The number of urea groups is 1. The van der Waals surface area contributed by atoms with Gasteiger partial charge in [0.25, 0.3) is 0 Å². The van der Waals surface area contributed by atoms with Gasteiger partial charge < -0.3 is 10.4 Å². The highest BCUT2D eigenvalue weighted by Gasteiger charge is 2.20. The zero-order chi connectivity index (χ0) is 16.2. The van der Waals surface area contributed by atoms with E-state index in [9.17, 15) is 9.59 Å². The topological polar surface area (TPSA) is 69.6 Å². The molecule has 2 amide bonds. The molecule has 0 aliphatic carbocycles. The molecule has 1 aliphatic heterocycles. The second kappa shape index (κ2) is 6.52. The normalized spacial score (nSPS) is 13.8. The molecule has 0 atom stereocenters. The van der Waals surface area contributed by atoms with Gasteiger partial charge >= 0.3 is 12.0 Å². The van der Waals surface area contributed by atoms with Crippen LogP contribution in [-0.2, 0) is 6.42 Å². The Kier molecular flexibility index (Phi) is 4.28. The Hall–Kier alpha value is -2.82. The highest BCUT2D eigenvalue weighted by Crippen LogP contribution is 2.26. The van der Waals surface area contributed by atoms with Crippen molar-refractivity contribution < 1.29 is 14.7 Å². The summed E-state index contributed by atoms with van der Waals surface area (Å²) in [6, 6.07) is 13.9. The first-order valence-corrected chi connectivity index (χ1v) is 7.65. The molecule has 5 heteroatoms. The predicted octanol–water partition coefficient (Wildman–Crippen LogP) is 3.76. The summed E-state index contributed by atoms with van der Waals surface area (Å²) < 4.78 is 0. The van der Waals surface area contributed by atoms with Crippen molar-refractivity contribution in [1.82, 2.24) is 0 Å². The first-order chi connectivity index (χ1) is 11.1. The van der Waals surface area contributed by atoms with E-state index >= 15 is 0 Å². The molecule has 1 heterocycles. The van der Waals surface area contributed by atoms with Gasteiger partial charge in [0.05, 0.1) is 5.56 Å². The van der Waals surface area contributed by atoms with Crippen molar-refractivity contribution >= 4 is 23.4 Å². The lowest BCUT2D eigenvalue weighted by Gasteiger charge is -2.23. The van der Waals surface area contributed by atoms with E-state index in [1.165, 1.54) is 17.7 Å². The number of nitrogens with zero attached hydrogens (tertiary/aromatic N) is 1.